The number of hydrogen-bond donors (Lipinski definition) is 2. The van der Waals surface area contributed by atoms with E-state index in [1.54, 1.807) is 30.3 Å². The Labute approximate surface area is 185 Å². The predicted octanol–water partition coefficient (Wildman–Crippen LogP) is 4.95. The molecule has 5 nitrogen and oxygen atoms in total. The number of nitrogens with zero attached hydrogens (tertiary/aromatic N) is 1. The zero-order valence-electron chi connectivity index (χ0n) is 17.0. The maximum Gasteiger partial charge on any atom is 0.272 e. The Hall–Kier alpha value is -3.64. The molecule has 0 aliphatic rings. The first kappa shape index (κ1) is 22.1. The monoisotopic (exact) mass is 437 g/mol. The van der Waals surface area contributed by atoms with Crippen LogP contribution in [0.25, 0.3) is 6.08 Å². The predicted molar refractivity (Wildman–Crippen MR) is 123 cm³/mol. The topological polar surface area (TPSA) is 61.4 Å². The van der Waals surface area contributed by atoms with Crippen molar-refractivity contribution in [1.29, 1.82) is 0 Å². The van der Waals surface area contributed by atoms with Gasteiger partial charge in [-0.05, 0) is 54.1 Å². The van der Waals surface area contributed by atoms with E-state index >= 15 is 0 Å². The molecule has 7 heteroatoms. The molecule has 3 aromatic rings. The summed E-state index contributed by atoms with van der Waals surface area (Å²) < 4.78 is 14.0. The maximum atomic E-state index is 14.0. The van der Waals surface area contributed by atoms with E-state index in [-0.39, 0.29) is 11.3 Å². The number of halogens is 2. The van der Waals surface area contributed by atoms with Gasteiger partial charge in [0.1, 0.15) is 11.5 Å². The molecular weight excluding hydrogens is 417 g/mol. The molecule has 2 amide bonds. The van der Waals surface area contributed by atoms with E-state index in [2.05, 4.69) is 10.6 Å². The van der Waals surface area contributed by atoms with Gasteiger partial charge in [0.2, 0.25) is 0 Å². The van der Waals surface area contributed by atoms with Crippen LogP contribution in [0.1, 0.15) is 15.9 Å². The molecule has 0 aliphatic carbocycles. The number of benzene rings is 3. The lowest BCUT2D eigenvalue weighted by Gasteiger charge is -2.13. The van der Waals surface area contributed by atoms with Gasteiger partial charge < -0.3 is 15.5 Å². The van der Waals surface area contributed by atoms with Crippen LogP contribution < -0.4 is 15.5 Å². The third-order valence-corrected chi connectivity index (χ3v) is 4.65. The zero-order valence-corrected chi connectivity index (χ0v) is 17.8. The molecule has 0 radical (unpaired) electrons. The van der Waals surface area contributed by atoms with E-state index in [0.717, 1.165) is 5.69 Å². The fraction of sp³-hybridized carbons (Fsp3) is 0.0833. The molecule has 0 aromatic heterocycles. The highest BCUT2D eigenvalue weighted by Gasteiger charge is 2.17. The third kappa shape index (κ3) is 5.93. The highest BCUT2D eigenvalue weighted by atomic mass is 35.5. The van der Waals surface area contributed by atoms with Crippen LogP contribution in [0.3, 0.4) is 0 Å². The average Bonchev–Trinajstić information content (AvgIpc) is 2.74. The van der Waals surface area contributed by atoms with Crippen LogP contribution in [0, 0.1) is 5.82 Å². The molecule has 31 heavy (non-hydrogen) atoms. The molecule has 3 rings (SSSR count). The molecule has 0 unspecified atom stereocenters. The fourth-order valence-corrected chi connectivity index (χ4v) is 2.98. The molecule has 0 saturated carbocycles. The van der Waals surface area contributed by atoms with Gasteiger partial charge in [-0.25, -0.2) is 4.39 Å². The molecule has 0 aliphatic heterocycles. The summed E-state index contributed by atoms with van der Waals surface area (Å²) in [6, 6.07) is 19.6. The molecule has 0 heterocycles. The van der Waals surface area contributed by atoms with Crippen molar-refractivity contribution in [3.05, 3.63) is 100 Å². The van der Waals surface area contributed by atoms with Crippen molar-refractivity contribution in [1.82, 2.24) is 5.32 Å². The Morgan fingerprint density at radius 2 is 1.68 bits per heavy atom. The summed E-state index contributed by atoms with van der Waals surface area (Å²) >= 11 is 5.98. The van der Waals surface area contributed by atoms with Gasteiger partial charge in [0.05, 0.1) is 5.56 Å². The van der Waals surface area contributed by atoms with E-state index in [4.69, 9.17) is 11.6 Å². The number of nitrogens with one attached hydrogen (secondary N) is 2. The quantitative estimate of drug-likeness (QED) is 0.536. The Balaban J connectivity index is 1.91. The van der Waals surface area contributed by atoms with E-state index in [1.165, 1.54) is 24.3 Å². The Kier molecular flexibility index (Phi) is 7.05. The van der Waals surface area contributed by atoms with Crippen molar-refractivity contribution in [3.8, 4) is 0 Å². The van der Waals surface area contributed by atoms with Gasteiger partial charge in [-0.2, -0.15) is 0 Å². The number of hydrogen-bond acceptors (Lipinski definition) is 3. The van der Waals surface area contributed by atoms with Crippen LogP contribution >= 0.6 is 11.6 Å². The molecule has 2 N–H and O–H groups in total. The van der Waals surface area contributed by atoms with Gasteiger partial charge in [-0.15, -0.1) is 0 Å². The van der Waals surface area contributed by atoms with Gasteiger partial charge in [0.15, 0.2) is 0 Å². The van der Waals surface area contributed by atoms with Crippen molar-refractivity contribution in [2.24, 2.45) is 0 Å². The molecule has 0 bridgehead atoms. The Morgan fingerprint density at radius 3 is 2.32 bits per heavy atom. The number of carbonyl (C=O) groups is 2. The van der Waals surface area contributed by atoms with Gasteiger partial charge in [-0.1, -0.05) is 41.9 Å². The third-order valence-electron chi connectivity index (χ3n) is 4.41. The molecule has 0 spiro atoms. The minimum atomic E-state index is -0.726. The molecule has 3 aromatic carbocycles. The first-order valence-electron chi connectivity index (χ1n) is 9.45. The summed E-state index contributed by atoms with van der Waals surface area (Å²) in [6.45, 7) is 0. The summed E-state index contributed by atoms with van der Waals surface area (Å²) in [4.78, 5) is 27.5. The van der Waals surface area contributed by atoms with Crippen LogP contribution in [0.15, 0.2) is 78.5 Å². The Bertz CT molecular complexity index is 1130. The normalized spacial score (nSPS) is 11.0. The van der Waals surface area contributed by atoms with Crippen LogP contribution in [0.5, 0.6) is 0 Å². The van der Waals surface area contributed by atoms with Crippen LogP contribution in [0.2, 0.25) is 5.02 Å². The second-order valence-electron chi connectivity index (χ2n) is 6.94. The first-order chi connectivity index (χ1) is 14.8. The van der Waals surface area contributed by atoms with Crippen LogP contribution in [-0.4, -0.2) is 25.9 Å². The van der Waals surface area contributed by atoms with E-state index < -0.39 is 17.6 Å². The van der Waals surface area contributed by atoms with Gasteiger partial charge >= 0.3 is 0 Å². The summed E-state index contributed by atoms with van der Waals surface area (Å²) in [6.07, 6.45) is 1.53. The summed E-state index contributed by atoms with van der Waals surface area (Å²) in [5.74, 6) is -1.97. The highest BCUT2D eigenvalue weighted by molar-refractivity contribution is 6.31. The lowest BCUT2D eigenvalue weighted by atomic mass is 10.1. The molecular formula is C24H21ClFN3O2. The van der Waals surface area contributed by atoms with Gasteiger partial charge in [0.25, 0.3) is 11.8 Å². The summed E-state index contributed by atoms with van der Waals surface area (Å²) in [5, 5.41) is 5.67. The molecule has 0 saturated heterocycles. The van der Waals surface area contributed by atoms with E-state index in [0.29, 0.717) is 16.3 Å². The second kappa shape index (κ2) is 9.91. The lowest BCUT2D eigenvalue weighted by molar-refractivity contribution is -0.113. The number of anilines is 2. The van der Waals surface area contributed by atoms with Gasteiger partial charge in [0, 0.05) is 30.5 Å². The smallest absolute Gasteiger partial charge is 0.272 e. The number of rotatable bonds is 6. The maximum absolute atomic E-state index is 14.0. The number of carbonyl (C=O) groups excluding carboxylic acids is 2. The van der Waals surface area contributed by atoms with Crippen LogP contribution in [-0.2, 0) is 4.79 Å². The fourth-order valence-electron chi connectivity index (χ4n) is 2.79. The number of amides is 2. The summed E-state index contributed by atoms with van der Waals surface area (Å²) in [5.41, 5.74) is 1.94. The second-order valence-corrected chi connectivity index (χ2v) is 7.38. The largest absolute Gasteiger partial charge is 0.378 e. The highest BCUT2D eigenvalue weighted by Crippen LogP contribution is 2.18. The van der Waals surface area contributed by atoms with Gasteiger partial charge in [-0.3, -0.25) is 9.59 Å². The van der Waals surface area contributed by atoms with Crippen molar-refractivity contribution in [2.75, 3.05) is 24.3 Å². The van der Waals surface area contributed by atoms with Crippen molar-refractivity contribution in [2.45, 2.75) is 0 Å². The average molecular weight is 438 g/mol. The standard InChI is InChI=1S/C24H21ClFN3O2/c1-29(2)19-12-10-16(11-13-19)14-22(24(31)27-18-7-5-6-17(25)15-18)28-23(30)20-8-3-4-9-21(20)26/h3-15H,1-2H3,(H,27,31)(H,28,30)/b22-14+. The van der Waals surface area contributed by atoms with Crippen molar-refractivity contribution >= 4 is 40.9 Å². The van der Waals surface area contributed by atoms with Crippen LogP contribution in [0.4, 0.5) is 15.8 Å². The minimum absolute atomic E-state index is 0.0363. The molecule has 0 fully saturated rings. The molecule has 0 atom stereocenters. The summed E-state index contributed by atoms with van der Waals surface area (Å²) in [7, 11) is 3.84. The van der Waals surface area contributed by atoms with Crippen molar-refractivity contribution in [3.63, 3.8) is 0 Å². The van der Waals surface area contributed by atoms with E-state index in [9.17, 15) is 14.0 Å². The van der Waals surface area contributed by atoms with Crippen molar-refractivity contribution < 1.29 is 14.0 Å². The lowest BCUT2D eigenvalue weighted by Crippen LogP contribution is -2.31. The Morgan fingerprint density at radius 1 is 0.968 bits per heavy atom. The first-order valence-corrected chi connectivity index (χ1v) is 9.83. The zero-order chi connectivity index (χ0) is 22.4. The van der Waals surface area contributed by atoms with E-state index in [1.807, 2.05) is 43.3 Å². The SMILES string of the molecule is CN(C)c1ccc(/C=C(/NC(=O)c2ccccc2F)C(=O)Nc2cccc(Cl)c2)cc1. The molecule has 158 valence electrons. The minimum Gasteiger partial charge on any atom is -0.378 e.